The van der Waals surface area contributed by atoms with Gasteiger partial charge in [-0.25, -0.2) is 0 Å². The van der Waals surface area contributed by atoms with Crippen molar-refractivity contribution in [3.05, 3.63) is 69.3 Å². The van der Waals surface area contributed by atoms with E-state index in [9.17, 15) is 9.59 Å². The molecule has 0 unspecified atom stereocenters. The van der Waals surface area contributed by atoms with Crippen molar-refractivity contribution in [2.45, 2.75) is 6.54 Å². The first-order chi connectivity index (χ1) is 12.1. The molecule has 0 heterocycles. The number of carbonyl (C=O) groups is 2. The molecular weight excluding hydrogens is 429 g/mol. The number of hydrogen-bond acceptors (Lipinski definition) is 3. The molecule has 25 heavy (non-hydrogen) atoms. The number of benzene rings is 2. The van der Waals surface area contributed by atoms with Gasteiger partial charge in [0.1, 0.15) is 0 Å². The first kappa shape index (κ1) is 19.4. The van der Waals surface area contributed by atoms with Crippen LogP contribution in [-0.4, -0.2) is 43.4 Å². The molecule has 0 radical (unpaired) electrons. The summed E-state index contributed by atoms with van der Waals surface area (Å²) in [5.41, 5.74) is 1.82. The molecule has 5 nitrogen and oxygen atoms in total. The van der Waals surface area contributed by atoms with Crippen LogP contribution in [0.25, 0.3) is 0 Å². The summed E-state index contributed by atoms with van der Waals surface area (Å²) in [5.74, 6) is -0.422. The Labute approximate surface area is 161 Å². The largest absolute Gasteiger partial charge is 0.353 e. The molecule has 0 aliphatic rings. The van der Waals surface area contributed by atoms with Crippen LogP contribution in [0.3, 0.4) is 0 Å². The van der Waals surface area contributed by atoms with Gasteiger partial charge in [-0.2, -0.15) is 0 Å². The standard InChI is InChI=1S/C19H22IN3O2/c1-23(14-15-7-3-2-4-8-15)12-11-21-18(24)13-22-19(25)16-9-5-6-10-17(16)20/h2-10H,11-14H2,1H3,(H,21,24)(H,22,25). The van der Waals surface area contributed by atoms with Crippen LogP contribution in [0, 0.1) is 3.57 Å². The molecule has 0 saturated heterocycles. The maximum absolute atomic E-state index is 12.1. The van der Waals surface area contributed by atoms with E-state index in [-0.39, 0.29) is 18.4 Å². The second-order valence-electron chi connectivity index (χ2n) is 5.74. The normalized spacial score (nSPS) is 10.5. The third-order valence-corrected chi connectivity index (χ3v) is 4.58. The van der Waals surface area contributed by atoms with E-state index in [1.54, 1.807) is 12.1 Å². The van der Waals surface area contributed by atoms with Crippen LogP contribution < -0.4 is 10.6 Å². The Morgan fingerprint density at radius 1 is 1.00 bits per heavy atom. The van der Waals surface area contributed by atoms with Gasteiger partial charge in [-0.3, -0.25) is 9.59 Å². The average molecular weight is 451 g/mol. The summed E-state index contributed by atoms with van der Waals surface area (Å²) in [6.45, 7) is 2.10. The number of carbonyl (C=O) groups excluding carboxylic acids is 2. The molecule has 2 N–H and O–H groups in total. The topological polar surface area (TPSA) is 61.4 Å². The molecule has 0 fully saturated rings. The molecule has 0 aliphatic heterocycles. The van der Waals surface area contributed by atoms with Crippen molar-refractivity contribution >= 4 is 34.4 Å². The summed E-state index contributed by atoms with van der Waals surface area (Å²) in [7, 11) is 2.01. The van der Waals surface area contributed by atoms with Gasteiger partial charge in [0.15, 0.2) is 0 Å². The third kappa shape index (κ3) is 6.83. The molecule has 0 bridgehead atoms. The first-order valence-corrected chi connectivity index (χ1v) is 9.16. The summed E-state index contributed by atoms with van der Waals surface area (Å²) in [5, 5.41) is 5.47. The Morgan fingerprint density at radius 2 is 1.68 bits per heavy atom. The lowest BCUT2D eigenvalue weighted by molar-refractivity contribution is -0.120. The fraction of sp³-hybridized carbons (Fsp3) is 0.263. The second-order valence-corrected chi connectivity index (χ2v) is 6.90. The molecular formula is C19H22IN3O2. The van der Waals surface area contributed by atoms with Crippen LogP contribution in [0.4, 0.5) is 0 Å². The van der Waals surface area contributed by atoms with E-state index < -0.39 is 0 Å². The molecule has 0 spiro atoms. The van der Waals surface area contributed by atoms with Crippen LogP contribution in [0.1, 0.15) is 15.9 Å². The van der Waals surface area contributed by atoms with Crippen molar-refractivity contribution in [1.29, 1.82) is 0 Å². The zero-order valence-corrected chi connectivity index (χ0v) is 16.3. The summed E-state index contributed by atoms with van der Waals surface area (Å²) in [6, 6.07) is 17.5. The molecule has 0 saturated carbocycles. The lowest BCUT2D eigenvalue weighted by atomic mass is 10.2. The zero-order valence-electron chi connectivity index (χ0n) is 14.2. The van der Waals surface area contributed by atoms with Gasteiger partial charge in [-0.1, -0.05) is 42.5 Å². The van der Waals surface area contributed by atoms with Crippen molar-refractivity contribution in [1.82, 2.24) is 15.5 Å². The summed E-state index contributed by atoms with van der Waals surface area (Å²) < 4.78 is 0.862. The van der Waals surface area contributed by atoms with E-state index in [1.165, 1.54) is 5.56 Å². The quantitative estimate of drug-likeness (QED) is 0.606. The Kier molecular flexibility index (Phi) is 7.87. The summed E-state index contributed by atoms with van der Waals surface area (Å²) in [4.78, 5) is 26.0. The molecule has 2 aromatic carbocycles. The molecule has 6 heteroatoms. The highest BCUT2D eigenvalue weighted by Gasteiger charge is 2.10. The summed E-state index contributed by atoms with van der Waals surface area (Å²) >= 11 is 2.10. The van der Waals surface area contributed by atoms with Gasteiger partial charge in [0.25, 0.3) is 5.91 Å². The Morgan fingerprint density at radius 3 is 2.40 bits per heavy atom. The first-order valence-electron chi connectivity index (χ1n) is 8.08. The Balaban J connectivity index is 1.65. The third-order valence-electron chi connectivity index (χ3n) is 3.64. The molecule has 2 rings (SSSR count). The van der Waals surface area contributed by atoms with E-state index >= 15 is 0 Å². The average Bonchev–Trinajstić information content (AvgIpc) is 2.61. The minimum absolute atomic E-state index is 0.0216. The number of nitrogens with zero attached hydrogens (tertiary/aromatic N) is 1. The Bertz CT molecular complexity index is 707. The molecule has 2 amide bonds. The van der Waals surface area contributed by atoms with Crippen LogP contribution >= 0.6 is 22.6 Å². The molecule has 0 aliphatic carbocycles. The number of amides is 2. The number of nitrogens with one attached hydrogen (secondary N) is 2. The molecule has 0 aromatic heterocycles. The molecule has 0 atom stereocenters. The van der Waals surface area contributed by atoms with Crippen molar-refractivity contribution in [3.63, 3.8) is 0 Å². The predicted octanol–water partition coefficient (Wildman–Crippen LogP) is 2.27. The SMILES string of the molecule is CN(CCNC(=O)CNC(=O)c1ccccc1I)Cc1ccccc1. The number of halogens is 1. The Hall–Kier alpha value is -1.93. The minimum atomic E-state index is -0.235. The maximum atomic E-state index is 12.1. The van der Waals surface area contributed by atoms with Gasteiger partial charge >= 0.3 is 0 Å². The van der Waals surface area contributed by atoms with Crippen LogP contribution in [0.5, 0.6) is 0 Å². The van der Waals surface area contributed by atoms with Gasteiger partial charge in [0.05, 0.1) is 12.1 Å². The fourth-order valence-electron chi connectivity index (χ4n) is 2.32. The number of rotatable bonds is 8. The van der Waals surface area contributed by atoms with Gasteiger partial charge in [-0.15, -0.1) is 0 Å². The number of hydrogen-bond donors (Lipinski definition) is 2. The van der Waals surface area contributed by atoms with E-state index in [4.69, 9.17) is 0 Å². The van der Waals surface area contributed by atoms with Gasteiger partial charge in [0.2, 0.25) is 5.91 Å². The van der Waals surface area contributed by atoms with Gasteiger partial charge < -0.3 is 15.5 Å². The lowest BCUT2D eigenvalue weighted by Gasteiger charge is -2.17. The minimum Gasteiger partial charge on any atom is -0.353 e. The fourth-order valence-corrected chi connectivity index (χ4v) is 2.96. The van der Waals surface area contributed by atoms with E-state index in [0.717, 1.165) is 16.7 Å². The van der Waals surface area contributed by atoms with E-state index in [0.29, 0.717) is 12.1 Å². The molecule has 2 aromatic rings. The van der Waals surface area contributed by atoms with Crippen molar-refractivity contribution < 1.29 is 9.59 Å². The summed E-state index contributed by atoms with van der Waals surface area (Å²) in [6.07, 6.45) is 0. The highest BCUT2D eigenvalue weighted by Crippen LogP contribution is 2.10. The van der Waals surface area contributed by atoms with Gasteiger partial charge in [-0.05, 0) is 47.3 Å². The zero-order chi connectivity index (χ0) is 18.1. The maximum Gasteiger partial charge on any atom is 0.252 e. The highest BCUT2D eigenvalue weighted by molar-refractivity contribution is 14.1. The predicted molar refractivity (Wildman–Crippen MR) is 107 cm³/mol. The van der Waals surface area contributed by atoms with Crippen LogP contribution in [-0.2, 0) is 11.3 Å². The number of likely N-dealkylation sites (N-methyl/N-ethyl adjacent to an activating group) is 1. The van der Waals surface area contributed by atoms with Crippen LogP contribution in [0.15, 0.2) is 54.6 Å². The smallest absolute Gasteiger partial charge is 0.252 e. The van der Waals surface area contributed by atoms with Crippen molar-refractivity contribution in [3.8, 4) is 0 Å². The van der Waals surface area contributed by atoms with E-state index in [2.05, 4.69) is 50.3 Å². The molecule has 132 valence electrons. The lowest BCUT2D eigenvalue weighted by Crippen LogP contribution is -2.40. The second kappa shape index (κ2) is 10.1. The monoisotopic (exact) mass is 451 g/mol. The van der Waals surface area contributed by atoms with Crippen molar-refractivity contribution in [2.75, 3.05) is 26.7 Å². The highest BCUT2D eigenvalue weighted by atomic mass is 127. The van der Waals surface area contributed by atoms with Gasteiger partial charge in [0, 0.05) is 23.2 Å². The van der Waals surface area contributed by atoms with Crippen molar-refractivity contribution in [2.24, 2.45) is 0 Å². The van der Waals surface area contributed by atoms with Crippen LogP contribution in [0.2, 0.25) is 0 Å². The van der Waals surface area contributed by atoms with E-state index in [1.807, 2.05) is 37.4 Å².